The van der Waals surface area contributed by atoms with Crippen molar-refractivity contribution < 1.29 is 23.5 Å². The molecule has 6 nitrogen and oxygen atoms in total. The molecule has 3 aliphatic rings. The third-order valence-corrected chi connectivity index (χ3v) is 29.1. The topological polar surface area (TPSA) is 58.2 Å². The average Bonchev–Trinajstić information content (AvgIpc) is 3.79. The molecule has 0 aromatic heterocycles. The molecule has 1 N–H and O–H groups in total. The maximum absolute atomic E-state index is 8.07. The molecular weight excluding hydrogens is 769 g/mol. The summed E-state index contributed by atoms with van der Waals surface area (Å²) in [4.78, 5) is 6.09. The Kier molecular flexibility index (Phi) is 9.90. The predicted molar refractivity (Wildman–Crippen MR) is 212 cm³/mol. The van der Waals surface area contributed by atoms with Crippen molar-refractivity contribution in [2.75, 3.05) is 20.3 Å². The monoisotopic (exact) mass is 817 g/mol. The molecule has 0 spiro atoms. The number of hydrogen-bond acceptors (Lipinski definition) is 6. The summed E-state index contributed by atoms with van der Waals surface area (Å²) in [6.45, 7) is 7.73. The summed E-state index contributed by atoms with van der Waals surface area (Å²) in [5, 5.41) is 2.14. The van der Waals surface area contributed by atoms with Gasteiger partial charge in [0.1, 0.15) is 0 Å². The summed E-state index contributed by atoms with van der Waals surface area (Å²) in [6, 6.07) is 54.8. The molecule has 0 radical (unpaired) electrons. The van der Waals surface area contributed by atoms with Crippen LogP contribution in [0.1, 0.15) is 20.8 Å². The zero-order valence-corrected chi connectivity index (χ0v) is 34.1. The molecule has 0 aliphatic carbocycles. The Morgan fingerprint density at radius 2 is 1.15 bits per heavy atom. The van der Waals surface area contributed by atoms with Gasteiger partial charge < -0.3 is 0 Å². The Hall–Kier alpha value is -3.38. The quantitative estimate of drug-likeness (QED) is 0.164. The number of ether oxygens (including phenoxy) is 3. The second-order valence-electron chi connectivity index (χ2n) is 15.1. The van der Waals surface area contributed by atoms with Crippen molar-refractivity contribution in [1.29, 1.82) is 0 Å². The van der Waals surface area contributed by atoms with Crippen LogP contribution in [0.3, 0.4) is 0 Å². The molecule has 0 saturated carbocycles. The van der Waals surface area contributed by atoms with Gasteiger partial charge in [0.15, 0.2) is 0 Å². The molecule has 5 atom stereocenters. The summed E-state index contributed by atoms with van der Waals surface area (Å²) in [6.07, 6.45) is -1.94. The Morgan fingerprint density at radius 3 is 1.60 bits per heavy atom. The van der Waals surface area contributed by atoms with E-state index < -0.39 is 50.7 Å². The van der Waals surface area contributed by atoms with Gasteiger partial charge in [-0.2, -0.15) is 0 Å². The molecule has 3 saturated heterocycles. The molecule has 8 rings (SSSR count). The Bertz CT molecular complexity index is 1840. The van der Waals surface area contributed by atoms with E-state index >= 15 is 0 Å². The van der Waals surface area contributed by atoms with Gasteiger partial charge in [0.05, 0.1) is 0 Å². The number of nitrogens with one attached hydrogen (secondary N) is 1. The molecule has 5 aromatic carbocycles. The summed E-state index contributed by atoms with van der Waals surface area (Å²) in [5.41, 5.74) is 3.81. The van der Waals surface area contributed by atoms with Gasteiger partial charge in [-0.15, -0.1) is 0 Å². The van der Waals surface area contributed by atoms with E-state index in [1.54, 1.807) is 7.11 Å². The van der Waals surface area contributed by atoms with E-state index in [-0.39, 0.29) is 11.1 Å². The Morgan fingerprint density at radius 1 is 0.692 bits per heavy atom. The minimum absolute atomic E-state index is 0.264. The van der Waals surface area contributed by atoms with Crippen LogP contribution in [0, 0.1) is 0 Å². The summed E-state index contributed by atoms with van der Waals surface area (Å²) in [7, 11) is -1.39. The van der Waals surface area contributed by atoms with Gasteiger partial charge in [-0.25, -0.2) is 0 Å². The van der Waals surface area contributed by atoms with E-state index in [0.29, 0.717) is 13.2 Å². The van der Waals surface area contributed by atoms with Crippen molar-refractivity contribution in [3.63, 3.8) is 0 Å². The first-order valence-corrected chi connectivity index (χ1v) is 26.0. The number of hydroxylamine groups is 1. The molecular formula is C44H47NO5SiSn. The van der Waals surface area contributed by atoms with Gasteiger partial charge >= 0.3 is 314 Å². The minimum atomic E-state index is -4.01. The fourth-order valence-electron chi connectivity index (χ4n) is 8.98. The molecule has 8 heteroatoms. The molecule has 266 valence electrons. The predicted octanol–water partition coefficient (Wildman–Crippen LogP) is 4.61. The van der Waals surface area contributed by atoms with Crippen LogP contribution in [0.4, 0.5) is 0 Å². The number of rotatable bonds is 10. The molecule has 52 heavy (non-hydrogen) atoms. The van der Waals surface area contributed by atoms with Crippen molar-refractivity contribution in [3.8, 4) is 0 Å². The third kappa shape index (κ3) is 5.77. The van der Waals surface area contributed by atoms with Gasteiger partial charge in [0, 0.05) is 0 Å². The van der Waals surface area contributed by atoms with Crippen molar-refractivity contribution in [2.24, 2.45) is 0 Å². The number of benzene rings is 5. The zero-order valence-electron chi connectivity index (χ0n) is 30.3. The van der Waals surface area contributed by atoms with E-state index in [1.807, 2.05) is 0 Å². The molecule has 3 fully saturated rings. The van der Waals surface area contributed by atoms with Crippen LogP contribution in [-0.2, 0) is 23.5 Å². The summed E-state index contributed by atoms with van der Waals surface area (Å²) >= 11 is -4.01. The van der Waals surface area contributed by atoms with Crippen molar-refractivity contribution in [1.82, 2.24) is 5.48 Å². The molecule has 2 bridgehead atoms. The van der Waals surface area contributed by atoms with Gasteiger partial charge in [0.2, 0.25) is 0 Å². The standard InChI is InChI=1S/C26H32NO5Si.3C6H5.Sn/c1-18-16-29-23-24-30-17-21(31-24)22(26(18,23)27-28-5)32-33(25(2,3)4,19-12-8-6-9-13-19)20-14-10-7-11-15-20;3*1-2-4-6-5-3-1;/h1,6-15,21-24,27H,16-17H2,2-5H3;3*1-5H;/t21-,22-,23-,24-,26-;;;;/m1..../s1. The van der Waals surface area contributed by atoms with Crippen LogP contribution in [0.2, 0.25) is 5.04 Å². The van der Waals surface area contributed by atoms with E-state index in [1.165, 1.54) is 21.1 Å². The van der Waals surface area contributed by atoms with E-state index in [0.717, 1.165) is 5.57 Å². The second kappa shape index (κ2) is 14.5. The SMILES string of the molecule is CON[C@@]12/C(=[CH]/[Sn]([c]3ccccc3)([c]3ccccc3)[c]3ccccc3)CO[C@@H]1[C@@H]1OC[C@@H](O1)[C@H]2O[Si](c1ccccc1)(c1ccccc1)C(C)(C)C. The van der Waals surface area contributed by atoms with Crippen LogP contribution in [0.5, 0.6) is 0 Å². The van der Waals surface area contributed by atoms with E-state index in [9.17, 15) is 0 Å². The van der Waals surface area contributed by atoms with Crippen LogP contribution in [-0.4, -0.2) is 77.2 Å². The molecule has 0 amide bonds. The summed E-state index contributed by atoms with van der Waals surface area (Å²) in [5.74, 6) is 0. The Balaban J connectivity index is 1.41. The summed E-state index contributed by atoms with van der Waals surface area (Å²) < 4.78 is 34.7. The first-order valence-electron chi connectivity index (χ1n) is 18.2. The van der Waals surface area contributed by atoms with E-state index in [2.05, 4.69) is 182 Å². The van der Waals surface area contributed by atoms with Gasteiger partial charge in [-0.3, -0.25) is 0 Å². The first kappa shape index (κ1) is 35.6. The number of hydrogen-bond donors (Lipinski definition) is 1. The van der Waals surface area contributed by atoms with Gasteiger partial charge in [0.25, 0.3) is 0 Å². The molecule has 5 aromatic rings. The Labute approximate surface area is 312 Å². The fraction of sp³-hybridized carbons (Fsp3) is 0.273. The zero-order chi connectivity index (χ0) is 35.8. The second-order valence-corrected chi connectivity index (χ2v) is 29.7. The number of fused-ring (bicyclic) bond motifs is 4. The van der Waals surface area contributed by atoms with Crippen LogP contribution >= 0.6 is 0 Å². The van der Waals surface area contributed by atoms with Crippen molar-refractivity contribution in [3.05, 3.63) is 161 Å². The molecule has 3 aliphatic heterocycles. The third-order valence-electron chi connectivity index (χ3n) is 11.2. The van der Waals surface area contributed by atoms with Crippen LogP contribution in [0.15, 0.2) is 161 Å². The van der Waals surface area contributed by atoms with Gasteiger partial charge in [-0.05, 0) is 0 Å². The van der Waals surface area contributed by atoms with Crippen LogP contribution in [0.25, 0.3) is 0 Å². The molecule has 3 heterocycles. The maximum atomic E-state index is 8.07. The first-order chi connectivity index (χ1) is 25.3. The average molecular weight is 817 g/mol. The van der Waals surface area contributed by atoms with E-state index in [4.69, 9.17) is 23.5 Å². The fourth-order valence-corrected chi connectivity index (χ4v) is 26.6. The normalized spacial score (nSPS) is 25.3. The van der Waals surface area contributed by atoms with Crippen molar-refractivity contribution >= 4 is 47.8 Å². The van der Waals surface area contributed by atoms with Crippen LogP contribution < -0.4 is 26.6 Å². The van der Waals surface area contributed by atoms with Crippen molar-refractivity contribution in [2.45, 2.75) is 56.0 Å². The van der Waals surface area contributed by atoms with Gasteiger partial charge in [-0.1, -0.05) is 0 Å². The molecule has 0 unspecified atom stereocenters.